The van der Waals surface area contributed by atoms with Crippen molar-refractivity contribution in [2.24, 2.45) is 40.4 Å². The molecule has 0 aromatic rings. The monoisotopic (exact) mass is 866 g/mol. The molecule has 346 valence electrons. The maximum absolute atomic E-state index is 12.0. The van der Waals surface area contributed by atoms with Crippen LogP contribution in [-0.2, 0) is 37.9 Å². The smallest absolute Gasteiger partial charge is 0.187 e. The second kappa shape index (κ2) is 16.6. The van der Waals surface area contributed by atoms with Gasteiger partial charge in [0.2, 0.25) is 0 Å². The van der Waals surface area contributed by atoms with Crippen molar-refractivity contribution in [3.63, 3.8) is 0 Å². The predicted molar refractivity (Wildman–Crippen MR) is 213 cm³/mol. The van der Waals surface area contributed by atoms with Crippen LogP contribution >= 0.6 is 0 Å². The number of hydrogen-bond acceptors (Lipinski definition) is 16. The fourth-order valence-electron chi connectivity index (χ4n) is 13.8. The van der Waals surface area contributed by atoms with E-state index >= 15 is 0 Å². The van der Waals surface area contributed by atoms with Crippen molar-refractivity contribution in [3.05, 3.63) is 23.8 Å². The van der Waals surface area contributed by atoms with Crippen LogP contribution in [0.1, 0.15) is 92.4 Å². The van der Waals surface area contributed by atoms with Crippen LogP contribution in [0, 0.1) is 40.4 Å². The highest BCUT2D eigenvalue weighted by molar-refractivity contribution is 5.26. The molecule has 25 atom stereocenters. The number of aliphatic hydroxyl groups is 8. The van der Waals surface area contributed by atoms with E-state index in [9.17, 15) is 40.9 Å². The molecule has 0 aromatic carbocycles. The summed E-state index contributed by atoms with van der Waals surface area (Å²) >= 11 is 0. The van der Waals surface area contributed by atoms with Crippen molar-refractivity contribution in [2.75, 3.05) is 13.2 Å². The number of ether oxygens (including phenoxy) is 8. The third kappa shape index (κ3) is 7.35. The molecule has 6 unspecified atom stereocenters. The minimum Gasteiger partial charge on any atom is -0.394 e. The normalized spacial score (nSPS) is 57.2. The van der Waals surface area contributed by atoms with Crippen molar-refractivity contribution < 1.29 is 78.7 Å². The van der Waals surface area contributed by atoms with Gasteiger partial charge in [-0.3, -0.25) is 0 Å². The minimum absolute atomic E-state index is 0.0268. The summed E-state index contributed by atoms with van der Waals surface area (Å²) < 4.78 is 50.0. The summed E-state index contributed by atoms with van der Waals surface area (Å²) in [7, 11) is 0. The molecular weight excluding hydrogens is 796 g/mol. The van der Waals surface area contributed by atoms with Gasteiger partial charge < -0.3 is 78.7 Å². The lowest BCUT2D eigenvalue weighted by Gasteiger charge is -2.58. The lowest BCUT2D eigenvalue weighted by atomic mass is 9.47. The summed E-state index contributed by atoms with van der Waals surface area (Å²) in [5, 5.41) is 85.9. The summed E-state index contributed by atoms with van der Waals surface area (Å²) in [6, 6.07) is 0. The number of rotatable bonds is 7. The van der Waals surface area contributed by atoms with E-state index in [4.69, 9.17) is 37.9 Å². The highest BCUT2D eigenvalue weighted by atomic mass is 16.8. The van der Waals surface area contributed by atoms with E-state index in [0.717, 1.165) is 50.5 Å². The molecule has 9 aliphatic rings. The molecule has 3 saturated carbocycles. The summed E-state index contributed by atoms with van der Waals surface area (Å²) in [5.74, 6) is 1.90. The average molecular weight is 867 g/mol. The van der Waals surface area contributed by atoms with Crippen molar-refractivity contribution in [3.8, 4) is 0 Å². The van der Waals surface area contributed by atoms with Crippen molar-refractivity contribution >= 4 is 0 Å². The zero-order chi connectivity index (χ0) is 43.5. The van der Waals surface area contributed by atoms with Crippen LogP contribution in [0.25, 0.3) is 0 Å². The molecule has 61 heavy (non-hydrogen) atoms. The summed E-state index contributed by atoms with van der Waals surface area (Å²) in [6.45, 7) is 14.4. The molecule has 5 aliphatic heterocycles. The Morgan fingerprint density at radius 3 is 2.02 bits per heavy atom. The second-order valence-corrected chi connectivity index (χ2v) is 20.6. The Kier molecular flexibility index (Phi) is 12.3. The highest BCUT2D eigenvalue weighted by Crippen LogP contribution is 2.70. The van der Waals surface area contributed by atoms with Gasteiger partial charge in [0.25, 0.3) is 0 Å². The third-order valence-corrected chi connectivity index (χ3v) is 17.4. The number of allylic oxidation sites excluding steroid dienone is 1. The first kappa shape index (κ1) is 45.0. The average Bonchev–Trinajstić information content (AvgIpc) is 3.69. The van der Waals surface area contributed by atoms with E-state index in [1.807, 2.05) is 0 Å². The third-order valence-electron chi connectivity index (χ3n) is 17.4. The van der Waals surface area contributed by atoms with Gasteiger partial charge in [-0.1, -0.05) is 44.6 Å². The van der Waals surface area contributed by atoms with Crippen LogP contribution in [0.4, 0.5) is 0 Å². The van der Waals surface area contributed by atoms with Crippen molar-refractivity contribution in [2.45, 2.75) is 203 Å². The maximum atomic E-state index is 12.0. The molecule has 0 bridgehead atoms. The zero-order valence-corrected chi connectivity index (χ0v) is 36.1. The first-order valence-electron chi connectivity index (χ1n) is 22.9. The molecule has 4 aliphatic carbocycles. The molecule has 8 N–H and O–H groups in total. The molecule has 5 saturated heterocycles. The van der Waals surface area contributed by atoms with Gasteiger partial charge in [0, 0.05) is 12.3 Å². The fourth-order valence-corrected chi connectivity index (χ4v) is 13.8. The van der Waals surface area contributed by atoms with Gasteiger partial charge in [-0.15, -0.1) is 0 Å². The van der Waals surface area contributed by atoms with Crippen LogP contribution in [-0.4, -0.2) is 164 Å². The molecule has 0 aromatic heterocycles. The van der Waals surface area contributed by atoms with Crippen molar-refractivity contribution in [1.82, 2.24) is 0 Å². The highest BCUT2D eigenvalue weighted by Gasteiger charge is 2.69. The standard InChI is InChI=1S/C45H70O16/c1-19-9-14-45(54-18-19)20(2)30-28(61-45)16-27-25-8-7-23-15-24(10-12-43(23,5)26(25)11-13-44(27,30)6)57-42-39(60-41-36(52)34(50)32(48)22(4)56-41)37(53)38(29(17-46)58-42)59-40-35(51)33(49)31(47)21(3)55-40/h7,20-22,24-42,46-53H,1,8-18H2,2-6H3/t20?,21-,22-,24-,25?,26?,27?,28?,29+,30?,31-,32-,33+,34+,35+,36+,37-,38+,39+,40-,41-,42+,43-,44-,45+/m0/s1. The second-order valence-electron chi connectivity index (χ2n) is 20.6. The van der Waals surface area contributed by atoms with Gasteiger partial charge in [-0.25, -0.2) is 0 Å². The lowest BCUT2D eigenvalue weighted by molar-refractivity contribution is -0.388. The summed E-state index contributed by atoms with van der Waals surface area (Å²) in [5.41, 5.74) is 2.63. The first-order valence-corrected chi connectivity index (χ1v) is 22.9. The number of aliphatic hydroxyl groups excluding tert-OH is 8. The van der Waals surface area contributed by atoms with E-state index in [1.165, 1.54) is 19.4 Å². The van der Waals surface area contributed by atoms with Gasteiger partial charge >= 0.3 is 0 Å². The maximum Gasteiger partial charge on any atom is 0.187 e. The van der Waals surface area contributed by atoms with E-state index in [2.05, 4.69) is 33.4 Å². The molecule has 0 amide bonds. The largest absolute Gasteiger partial charge is 0.394 e. The first-order chi connectivity index (χ1) is 28.9. The van der Waals surface area contributed by atoms with E-state index in [-0.39, 0.29) is 23.0 Å². The Balaban J connectivity index is 0.917. The van der Waals surface area contributed by atoms with Gasteiger partial charge in [-0.05, 0) is 99.7 Å². The molecule has 8 fully saturated rings. The topological polar surface area (TPSA) is 236 Å². The fraction of sp³-hybridized carbons (Fsp3) is 0.911. The quantitative estimate of drug-likeness (QED) is 0.168. The lowest BCUT2D eigenvalue weighted by Crippen LogP contribution is -2.66. The predicted octanol–water partition coefficient (Wildman–Crippen LogP) is 1.16. The van der Waals surface area contributed by atoms with E-state index in [1.54, 1.807) is 0 Å². The van der Waals surface area contributed by atoms with Gasteiger partial charge in [-0.2, -0.15) is 0 Å². The summed E-state index contributed by atoms with van der Waals surface area (Å²) in [6.07, 6.45) is -10.8. The van der Waals surface area contributed by atoms with Gasteiger partial charge in [0.1, 0.15) is 61.0 Å². The minimum atomic E-state index is -1.71. The Labute approximate surface area is 358 Å². The number of fused-ring (bicyclic) bond motifs is 7. The van der Waals surface area contributed by atoms with Crippen LogP contribution in [0.2, 0.25) is 0 Å². The Hall–Kier alpha value is -1.16. The molecule has 5 heterocycles. The Morgan fingerprint density at radius 1 is 0.738 bits per heavy atom. The van der Waals surface area contributed by atoms with Crippen LogP contribution in [0.15, 0.2) is 23.8 Å². The van der Waals surface area contributed by atoms with Crippen molar-refractivity contribution in [1.29, 1.82) is 0 Å². The molecule has 16 nitrogen and oxygen atoms in total. The van der Waals surface area contributed by atoms with E-state index < -0.39 is 105 Å². The van der Waals surface area contributed by atoms with Gasteiger partial charge in [0.05, 0.1) is 37.6 Å². The van der Waals surface area contributed by atoms with Gasteiger partial charge in [0.15, 0.2) is 24.7 Å². The summed E-state index contributed by atoms with van der Waals surface area (Å²) in [4.78, 5) is 0. The molecule has 9 rings (SSSR count). The molecule has 16 heteroatoms. The molecular formula is C45H70O16. The Morgan fingerprint density at radius 2 is 1.39 bits per heavy atom. The van der Waals surface area contributed by atoms with Crippen LogP contribution < -0.4 is 0 Å². The van der Waals surface area contributed by atoms with E-state index in [0.29, 0.717) is 49.0 Å². The zero-order valence-electron chi connectivity index (χ0n) is 36.1. The van der Waals surface area contributed by atoms with Crippen LogP contribution in [0.3, 0.4) is 0 Å². The van der Waals surface area contributed by atoms with Crippen LogP contribution in [0.5, 0.6) is 0 Å². The Bertz CT molecular complexity index is 1640. The number of hydrogen-bond donors (Lipinski definition) is 8. The molecule has 1 spiro atoms. The molecule has 0 radical (unpaired) electrons. The SMILES string of the molecule is C=C1CC[C@@]2(OC1)OC1CC3C4CC=C5C[C@@H](O[C@@H]6O[C@H](CO)[C@@H](O[C@@H]7O[C@@H](C)[C@H](O)[C@@H](O)[C@H]7O)[C@H](O)[C@H]6O[C@@H]6O[C@@H](C)[C@H](O)[C@@H](O)[C@H]6O)CC[C@]5(C)C4CC[C@]3(C)C1C2C.